The summed E-state index contributed by atoms with van der Waals surface area (Å²) < 4.78 is 5.63. The molecule has 1 aromatic heterocycles. The van der Waals surface area contributed by atoms with Gasteiger partial charge >= 0.3 is 5.97 Å². The number of esters is 1. The van der Waals surface area contributed by atoms with Gasteiger partial charge in [0.1, 0.15) is 0 Å². The van der Waals surface area contributed by atoms with Gasteiger partial charge in [0.25, 0.3) is 0 Å². The number of benzene rings is 2. The molecule has 2 heterocycles. The van der Waals surface area contributed by atoms with E-state index in [1.54, 1.807) is 11.3 Å². The average molecular weight is 458 g/mol. The second-order valence-electron chi connectivity index (χ2n) is 9.09. The van der Waals surface area contributed by atoms with Gasteiger partial charge in [0, 0.05) is 40.1 Å². The predicted molar refractivity (Wildman–Crippen MR) is 132 cm³/mol. The van der Waals surface area contributed by atoms with Crippen LogP contribution < -0.4 is 5.32 Å². The van der Waals surface area contributed by atoms with E-state index < -0.39 is 5.92 Å². The molecule has 5 rings (SSSR count). The molecular weight excluding hydrogens is 430 g/mol. The number of fused-ring (bicyclic) bond motifs is 1. The molecule has 2 aromatic carbocycles. The number of carbonyl (C=O) groups is 2. The Kier molecular flexibility index (Phi) is 5.67. The number of carbonyl (C=O) groups excluding carboxylic acids is 2. The lowest BCUT2D eigenvalue weighted by molar-refractivity contribution is -0.143. The number of hydrogen-bond acceptors (Lipinski definition) is 5. The van der Waals surface area contributed by atoms with Gasteiger partial charge in [-0.2, -0.15) is 0 Å². The largest absolute Gasteiger partial charge is 0.460 e. The molecule has 0 spiro atoms. The Hall–Kier alpha value is -3.18. The molecule has 1 aliphatic heterocycles. The lowest BCUT2D eigenvalue weighted by Crippen LogP contribution is -2.36. The van der Waals surface area contributed by atoms with Crippen molar-refractivity contribution >= 4 is 33.9 Å². The molecule has 0 bridgehead atoms. The van der Waals surface area contributed by atoms with Crippen molar-refractivity contribution in [2.75, 3.05) is 0 Å². The summed E-state index contributed by atoms with van der Waals surface area (Å²) in [6.07, 6.45) is 0.974. The normalized spacial score (nSPS) is 20.8. The number of Topliss-reactive ketones (excluding diaryl/α,β-unsaturated/α-hetero) is 1. The van der Waals surface area contributed by atoms with Crippen molar-refractivity contribution in [1.29, 1.82) is 0 Å². The van der Waals surface area contributed by atoms with Gasteiger partial charge in [-0.3, -0.25) is 4.79 Å². The van der Waals surface area contributed by atoms with Crippen LogP contribution in [0.3, 0.4) is 0 Å². The van der Waals surface area contributed by atoms with Crippen LogP contribution in [-0.2, 0) is 14.3 Å². The molecule has 3 aromatic rings. The molecule has 0 saturated carbocycles. The Balaban J connectivity index is 1.64. The van der Waals surface area contributed by atoms with E-state index in [-0.39, 0.29) is 23.8 Å². The van der Waals surface area contributed by atoms with Crippen LogP contribution in [0.15, 0.2) is 82.5 Å². The first kappa shape index (κ1) is 21.7. The predicted octanol–water partition coefficient (Wildman–Crippen LogP) is 6.21. The summed E-state index contributed by atoms with van der Waals surface area (Å²) in [6.45, 7) is 5.60. The van der Waals surface area contributed by atoms with Crippen molar-refractivity contribution in [3.8, 4) is 0 Å². The number of rotatable bonds is 4. The molecular formula is C28H27NO3S. The van der Waals surface area contributed by atoms with E-state index in [1.165, 1.54) is 4.88 Å². The molecule has 0 unspecified atom stereocenters. The van der Waals surface area contributed by atoms with E-state index in [1.807, 2.05) is 45.0 Å². The molecule has 2 aliphatic rings. The number of thiophene rings is 1. The molecule has 1 aliphatic carbocycles. The zero-order valence-electron chi connectivity index (χ0n) is 19.1. The third kappa shape index (κ3) is 4.02. The fourth-order valence-corrected chi connectivity index (χ4v) is 5.86. The molecule has 168 valence electrons. The summed E-state index contributed by atoms with van der Waals surface area (Å²) in [4.78, 5) is 28.1. The second-order valence-corrected chi connectivity index (χ2v) is 10.1. The first-order valence-corrected chi connectivity index (χ1v) is 12.3. The number of nitrogens with one attached hydrogen (secondary N) is 1. The SMILES string of the molecule is CC1=C(C(=O)OC(C)C)[C@@H](c2ccc3ccccc3c2)C2=C(C[C@@H](c3cccs3)CC2=O)N1. The third-order valence-electron chi connectivity index (χ3n) is 6.44. The van der Waals surface area contributed by atoms with Crippen LogP contribution in [0.4, 0.5) is 0 Å². The minimum Gasteiger partial charge on any atom is -0.460 e. The van der Waals surface area contributed by atoms with Crippen LogP contribution in [-0.4, -0.2) is 17.9 Å². The van der Waals surface area contributed by atoms with Gasteiger partial charge in [-0.1, -0.05) is 48.5 Å². The van der Waals surface area contributed by atoms with Crippen molar-refractivity contribution in [2.45, 2.75) is 51.6 Å². The topological polar surface area (TPSA) is 55.4 Å². The van der Waals surface area contributed by atoms with Gasteiger partial charge in [-0.25, -0.2) is 4.79 Å². The Labute approximate surface area is 198 Å². The Morgan fingerprint density at radius 2 is 1.85 bits per heavy atom. The maximum Gasteiger partial charge on any atom is 0.337 e. The number of ketones is 1. The van der Waals surface area contributed by atoms with Gasteiger partial charge in [-0.15, -0.1) is 11.3 Å². The molecule has 0 saturated heterocycles. The van der Waals surface area contributed by atoms with Crippen molar-refractivity contribution in [3.05, 3.63) is 93.0 Å². The quantitative estimate of drug-likeness (QED) is 0.473. The van der Waals surface area contributed by atoms with E-state index >= 15 is 0 Å². The van der Waals surface area contributed by atoms with Crippen LogP contribution in [0.5, 0.6) is 0 Å². The van der Waals surface area contributed by atoms with E-state index in [0.29, 0.717) is 17.6 Å². The smallest absolute Gasteiger partial charge is 0.337 e. The number of allylic oxidation sites excluding steroid dienone is 3. The summed E-state index contributed by atoms with van der Waals surface area (Å²) in [5.74, 6) is -0.539. The van der Waals surface area contributed by atoms with E-state index in [4.69, 9.17) is 4.74 Å². The fraction of sp³-hybridized carbons (Fsp3) is 0.286. The highest BCUT2D eigenvalue weighted by Gasteiger charge is 2.41. The molecule has 4 nitrogen and oxygen atoms in total. The molecule has 2 atom stereocenters. The minimum atomic E-state index is -0.436. The standard InChI is InChI=1S/C28H27NO3S/c1-16(2)32-28(31)25-17(3)29-22-14-21(24-9-6-12-33-24)15-23(30)27(22)26(25)20-11-10-18-7-4-5-8-19(18)13-20/h4-13,16,21,26,29H,14-15H2,1-3H3/t21-,26-/m1/s1. The number of ether oxygens (including phenoxy) is 1. The van der Waals surface area contributed by atoms with E-state index in [9.17, 15) is 9.59 Å². The summed E-state index contributed by atoms with van der Waals surface area (Å²) in [5, 5.41) is 7.70. The molecule has 0 amide bonds. The van der Waals surface area contributed by atoms with Crippen LogP contribution in [0.1, 0.15) is 55.9 Å². The van der Waals surface area contributed by atoms with Crippen molar-refractivity contribution < 1.29 is 14.3 Å². The van der Waals surface area contributed by atoms with Crippen LogP contribution in [0, 0.1) is 0 Å². The summed E-state index contributed by atoms with van der Waals surface area (Å²) in [7, 11) is 0. The van der Waals surface area contributed by atoms with Gasteiger partial charge in [0.05, 0.1) is 11.7 Å². The summed E-state index contributed by atoms with van der Waals surface area (Å²) in [6, 6.07) is 18.5. The third-order valence-corrected chi connectivity index (χ3v) is 7.48. The molecule has 33 heavy (non-hydrogen) atoms. The Morgan fingerprint density at radius 1 is 1.06 bits per heavy atom. The summed E-state index contributed by atoms with van der Waals surface area (Å²) in [5.41, 5.74) is 3.87. The average Bonchev–Trinajstić information content (AvgIpc) is 3.32. The number of hydrogen-bond donors (Lipinski definition) is 1. The first-order valence-electron chi connectivity index (χ1n) is 11.4. The van der Waals surface area contributed by atoms with Gasteiger partial charge in [-0.05, 0) is 55.0 Å². The molecule has 5 heteroatoms. The first-order chi connectivity index (χ1) is 15.9. The van der Waals surface area contributed by atoms with Crippen molar-refractivity contribution in [2.24, 2.45) is 0 Å². The monoisotopic (exact) mass is 457 g/mol. The highest BCUT2D eigenvalue weighted by molar-refractivity contribution is 7.10. The van der Waals surface area contributed by atoms with Gasteiger partial charge in [0.2, 0.25) is 0 Å². The summed E-state index contributed by atoms with van der Waals surface area (Å²) >= 11 is 1.69. The van der Waals surface area contributed by atoms with Gasteiger partial charge in [0.15, 0.2) is 5.78 Å². The lowest BCUT2D eigenvalue weighted by Gasteiger charge is -2.36. The van der Waals surface area contributed by atoms with E-state index in [0.717, 1.165) is 34.2 Å². The minimum absolute atomic E-state index is 0.0997. The zero-order valence-corrected chi connectivity index (χ0v) is 19.9. The molecule has 1 N–H and O–H groups in total. The Morgan fingerprint density at radius 3 is 2.58 bits per heavy atom. The maximum absolute atomic E-state index is 13.6. The maximum atomic E-state index is 13.6. The van der Waals surface area contributed by atoms with Crippen LogP contribution in [0.25, 0.3) is 10.8 Å². The van der Waals surface area contributed by atoms with Crippen molar-refractivity contribution in [3.63, 3.8) is 0 Å². The van der Waals surface area contributed by atoms with Crippen LogP contribution >= 0.6 is 11.3 Å². The fourth-order valence-electron chi connectivity index (χ4n) is 5.03. The van der Waals surface area contributed by atoms with Crippen molar-refractivity contribution in [1.82, 2.24) is 5.32 Å². The number of dihydropyridines is 1. The highest BCUT2D eigenvalue weighted by atomic mass is 32.1. The molecule has 0 fully saturated rings. The highest BCUT2D eigenvalue weighted by Crippen LogP contribution is 2.46. The van der Waals surface area contributed by atoms with Crippen LogP contribution in [0.2, 0.25) is 0 Å². The second kappa shape index (κ2) is 8.64. The van der Waals surface area contributed by atoms with Gasteiger partial charge < -0.3 is 10.1 Å². The Bertz CT molecular complexity index is 1300. The van der Waals surface area contributed by atoms with E-state index in [2.05, 4.69) is 41.0 Å². The lowest BCUT2D eigenvalue weighted by atomic mass is 9.72. The zero-order chi connectivity index (χ0) is 23.1. The molecule has 0 radical (unpaired) electrons.